The Labute approximate surface area is 115 Å². The Morgan fingerprint density at radius 2 is 1.89 bits per heavy atom. The van der Waals surface area contributed by atoms with Gasteiger partial charge in [0.2, 0.25) is 0 Å². The fourth-order valence-corrected chi connectivity index (χ4v) is 2.33. The van der Waals surface area contributed by atoms with Crippen molar-refractivity contribution < 1.29 is 0 Å². The first-order valence-corrected chi connectivity index (χ1v) is 6.63. The zero-order chi connectivity index (χ0) is 13.5. The number of rotatable bonds is 2. The van der Waals surface area contributed by atoms with Gasteiger partial charge >= 0.3 is 0 Å². The van der Waals surface area contributed by atoms with E-state index in [1.165, 1.54) is 11.1 Å². The van der Waals surface area contributed by atoms with Crippen molar-refractivity contribution in [3.8, 4) is 17.9 Å². The lowest BCUT2D eigenvalue weighted by Gasteiger charge is -2.28. The Balaban J connectivity index is 1.90. The molecule has 0 spiro atoms. The lowest BCUT2D eigenvalue weighted by molar-refractivity contribution is 0.248. The molecule has 0 atom stereocenters. The summed E-state index contributed by atoms with van der Waals surface area (Å²) < 4.78 is 0. The van der Waals surface area contributed by atoms with E-state index in [0.717, 1.165) is 38.0 Å². The molecule has 2 nitrogen and oxygen atoms in total. The molecule has 1 aromatic rings. The first kappa shape index (κ1) is 13.4. The molecule has 2 rings (SSSR count). The van der Waals surface area contributed by atoms with E-state index >= 15 is 0 Å². The van der Waals surface area contributed by atoms with Crippen molar-refractivity contribution >= 4 is 0 Å². The summed E-state index contributed by atoms with van der Waals surface area (Å²) in [5, 5.41) is 8.64. The third-order valence-electron chi connectivity index (χ3n) is 3.40. The van der Waals surface area contributed by atoms with Gasteiger partial charge in [-0.25, -0.2) is 0 Å². The Bertz CT molecular complexity index is 540. The van der Waals surface area contributed by atoms with Gasteiger partial charge in [-0.3, -0.25) is 4.90 Å². The summed E-state index contributed by atoms with van der Waals surface area (Å²) in [6.45, 7) is 4.93. The highest BCUT2D eigenvalue weighted by atomic mass is 15.1. The van der Waals surface area contributed by atoms with Crippen LogP contribution in [0.4, 0.5) is 0 Å². The van der Waals surface area contributed by atoms with Gasteiger partial charge < -0.3 is 0 Å². The van der Waals surface area contributed by atoms with Gasteiger partial charge in [0.1, 0.15) is 0 Å². The number of nitriles is 1. The van der Waals surface area contributed by atoms with Crippen LogP contribution in [0.2, 0.25) is 0 Å². The molecule has 19 heavy (non-hydrogen) atoms. The molecule has 0 unspecified atom stereocenters. The lowest BCUT2D eigenvalue weighted by atomic mass is 10.0. The predicted molar refractivity (Wildman–Crippen MR) is 77.2 cm³/mol. The first-order chi connectivity index (χ1) is 9.31. The molecule has 1 aliphatic rings. The van der Waals surface area contributed by atoms with Crippen LogP contribution in [0, 0.1) is 23.2 Å². The molecule has 1 fully saturated rings. The van der Waals surface area contributed by atoms with E-state index in [0.29, 0.717) is 0 Å². The number of likely N-dealkylation sites (tertiary alicyclic amines) is 1. The zero-order valence-electron chi connectivity index (χ0n) is 11.3. The Morgan fingerprint density at radius 3 is 2.47 bits per heavy atom. The summed E-state index contributed by atoms with van der Waals surface area (Å²) in [5.74, 6) is 5.97. The van der Waals surface area contributed by atoms with Gasteiger partial charge in [0.15, 0.2) is 0 Å². The van der Waals surface area contributed by atoms with E-state index in [1.54, 1.807) is 6.08 Å². The maximum Gasteiger partial charge on any atom is 0.0911 e. The maximum atomic E-state index is 8.64. The third kappa shape index (κ3) is 3.98. The smallest absolute Gasteiger partial charge is 0.0911 e. The van der Waals surface area contributed by atoms with E-state index in [2.05, 4.69) is 47.1 Å². The van der Waals surface area contributed by atoms with Crippen LogP contribution in [0.25, 0.3) is 0 Å². The molecule has 2 heteroatoms. The summed E-state index contributed by atoms with van der Waals surface area (Å²) in [5.41, 5.74) is 3.69. The van der Waals surface area contributed by atoms with Gasteiger partial charge in [0.05, 0.1) is 6.07 Å². The highest BCUT2D eigenvalue weighted by Gasteiger charge is 2.13. The van der Waals surface area contributed by atoms with E-state index in [-0.39, 0.29) is 0 Å². The maximum absolute atomic E-state index is 8.64. The lowest BCUT2D eigenvalue weighted by Crippen LogP contribution is -2.30. The van der Waals surface area contributed by atoms with Crippen molar-refractivity contribution in [3.05, 3.63) is 47.0 Å². The number of piperidine rings is 1. The van der Waals surface area contributed by atoms with Crippen LogP contribution in [-0.4, -0.2) is 18.0 Å². The van der Waals surface area contributed by atoms with Crippen molar-refractivity contribution in [2.45, 2.75) is 26.3 Å². The minimum atomic E-state index is 0.986. The SMILES string of the molecule is CC#Cc1ccc(CN2CCC(=CC#N)CC2)cc1. The van der Waals surface area contributed by atoms with Gasteiger partial charge in [-0.2, -0.15) is 5.26 Å². The predicted octanol–water partition coefficient (Wildman–Crippen LogP) is 3.10. The highest BCUT2D eigenvalue weighted by molar-refractivity contribution is 5.35. The molecule has 0 amide bonds. The molecule has 0 aromatic heterocycles. The average molecular weight is 250 g/mol. The van der Waals surface area contributed by atoms with Crippen molar-refractivity contribution in [1.29, 1.82) is 5.26 Å². The van der Waals surface area contributed by atoms with Crippen LogP contribution >= 0.6 is 0 Å². The van der Waals surface area contributed by atoms with E-state index in [1.807, 2.05) is 6.92 Å². The third-order valence-corrected chi connectivity index (χ3v) is 3.40. The quantitative estimate of drug-likeness (QED) is 0.595. The van der Waals surface area contributed by atoms with Crippen LogP contribution in [0.1, 0.15) is 30.9 Å². The monoisotopic (exact) mass is 250 g/mol. The van der Waals surface area contributed by atoms with Crippen LogP contribution in [-0.2, 0) is 6.54 Å². The topological polar surface area (TPSA) is 27.0 Å². The molecule has 0 N–H and O–H groups in total. The fourth-order valence-electron chi connectivity index (χ4n) is 2.33. The number of hydrogen-bond acceptors (Lipinski definition) is 2. The summed E-state index contributed by atoms with van der Waals surface area (Å²) in [6.07, 6.45) is 3.75. The molecular formula is C17H18N2. The molecule has 0 aliphatic carbocycles. The average Bonchev–Trinajstić information content (AvgIpc) is 2.44. The normalized spacial score (nSPS) is 15.3. The van der Waals surface area contributed by atoms with Crippen molar-refractivity contribution in [3.63, 3.8) is 0 Å². The minimum Gasteiger partial charge on any atom is -0.298 e. The largest absolute Gasteiger partial charge is 0.298 e. The second-order valence-electron chi connectivity index (χ2n) is 4.78. The van der Waals surface area contributed by atoms with Gasteiger partial charge in [0, 0.05) is 31.3 Å². The number of hydrogen-bond donors (Lipinski definition) is 0. The second kappa shape index (κ2) is 6.78. The van der Waals surface area contributed by atoms with Gasteiger partial charge in [-0.15, -0.1) is 5.92 Å². The van der Waals surface area contributed by atoms with Crippen LogP contribution in [0.5, 0.6) is 0 Å². The molecule has 0 bridgehead atoms. The van der Waals surface area contributed by atoms with E-state index in [4.69, 9.17) is 5.26 Å². The minimum absolute atomic E-state index is 0.986. The standard InChI is InChI=1S/C17H18N2/c1-2-3-15-4-6-17(7-5-15)14-19-12-9-16(8-11-18)10-13-19/h4-8H,9-10,12-14H2,1H3. The summed E-state index contributed by atoms with van der Waals surface area (Å²) in [4.78, 5) is 2.44. The summed E-state index contributed by atoms with van der Waals surface area (Å²) in [7, 11) is 0. The Kier molecular flexibility index (Phi) is 4.78. The van der Waals surface area contributed by atoms with E-state index < -0.39 is 0 Å². The second-order valence-corrected chi connectivity index (χ2v) is 4.78. The highest BCUT2D eigenvalue weighted by Crippen LogP contribution is 2.18. The van der Waals surface area contributed by atoms with Crippen molar-refractivity contribution in [1.82, 2.24) is 4.90 Å². The fraction of sp³-hybridized carbons (Fsp3) is 0.353. The Morgan fingerprint density at radius 1 is 1.21 bits per heavy atom. The molecule has 0 saturated carbocycles. The summed E-state index contributed by atoms with van der Waals surface area (Å²) in [6, 6.07) is 10.6. The van der Waals surface area contributed by atoms with E-state index in [9.17, 15) is 0 Å². The van der Waals surface area contributed by atoms with Crippen LogP contribution in [0.15, 0.2) is 35.9 Å². The molecular weight excluding hydrogens is 232 g/mol. The van der Waals surface area contributed by atoms with Crippen molar-refractivity contribution in [2.75, 3.05) is 13.1 Å². The molecule has 1 aromatic carbocycles. The summed E-state index contributed by atoms with van der Waals surface area (Å²) >= 11 is 0. The number of benzene rings is 1. The zero-order valence-corrected chi connectivity index (χ0v) is 11.3. The molecule has 1 aliphatic heterocycles. The molecule has 1 heterocycles. The number of allylic oxidation sites excluding steroid dienone is 1. The first-order valence-electron chi connectivity index (χ1n) is 6.63. The van der Waals surface area contributed by atoms with Gasteiger partial charge in [-0.1, -0.05) is 23.6 Å². The Hall–Kier alpha value is -2.03. The van der Waals surface area contributed by atoms with Crippen LogP contribution in [0.3, 0.4) is 0 Å². The number of nitrogens with zero attached hydrogens (tertiary/aromatic N) is 2. The molecule has 0 radical (unpaired) electrons. The van der Waals surface area contributed by atoms with Gasteiger partial charge in [0.25, 0.3) is 0 Å². The van der Waals surface area contributed by atoms with Crippen LogP contribution < -0.4 is 0 Å². The molecule has 96 valence electrons. The van der Waals surface area contributed by atoms with Gasteiger partial charge in [-0.05, 0) is 37.5 Å². The van der Waals surface area contributed by atoms with Crippen molar-refractivity contribution in [2.24, 2.45) is 0 Å². The molecule has 1 saturated heterocycles.